The summed E-state index contributed by atoms with van der Waals surface area (Å²) in [7, 11) is 0. The van der Waals surface area contributed by atoms with Crippen molar-refractivity contribution in [1.29, 1.82) is 0 Å². The lowest BCUT2D eigenvalue weighted by molar-refractivity contribution is -0.126. The molecule has 4 aromatic rings. The molecule has 0 spiro atoms. The highest BCUT2D eigenvalue weighted by atomic mass is 16.5. The fourth-order valence-electron chi connectivity index (χ4n) is 5.06. The predicted octanol–water partition coefficient (Wildman–Crippen LogP) is 6.26. The first-order valence-electron chi connectivity index (χ1n) is 14.4. The van der Waals surface area contributed by atoms with Crippen LogP contribution in [0.5, 0.6) is 0 Å². The third-order valence-corrected chi connectivity index (χ3v) is 8.08. The number of nitrogens with zero attached hydrogens (tertiary/aromatic N) is 4. The molecule has 2 atom stereocenters. The monoisotopic (exact) mass is 555 g/mol. The number of hydrogen-bond donors (Lipinski definition) is 1. The average Bonchev–Trinajstić information content (AvgIpc) is 3.45. The number of benzene rings is 2. The van der Waals surface area contributed by atoms with Crippen molar-refractivity contribution < 1.29 is 14.3 Å². The summed E-state index contributed by atoms with van der Waals surface area (Å²) in [5, 5.41) is 13.7. The second-order valence-corrected chi connectivity index (χ2v) is 11.3. The average molecular weight is 556 g/mol. The number of carbonyl (C=O) groups excluding carboxylic acids is 2. The van der Waals surface area contributed by atoms with Gasteiger partial charge in [0, 0.05) is 18.1 Å². The third-order valence-electron chi connectivity index (χ3n) is 8.08. The fourth-order valence-corrected chi connectivity index (χ4v) is 5.06. The lowest BCUT2D eigenvalue weighted by Crippen LogP contribution is -2.44. The number of ketones is 1. The normalized spacial score (nSPS) is 13.7. The van der Waals surface area contributed by atoms with E-state index in [0.29, 0.717) is 18.5 Å². The largest absolute Gasteiger partial charge is 0.454 e. The van der Waals surface area contributed by atoms with E-state index in [-0.39, 0.29) is 18.3 Å². The number of esters is 1. The summed E-state index contributed by atoms with van der Waals surface area (Å²) in [6, 6.07) is 15.3. The van der Waals surface area contributed by atoms with E-state index >= 15 is 0 Å². The van der Waals surface area contributed by atoms with Gasteiger partial charge in [0.05, 0.1) is 22.8 Å². The first-order chi connectivity index (χ1) is 19.6. The maximum Gasteiger partial charge on any atom is 0.339 e. The molecule has 8 nitrogen and oxygen atoms in total. The second-order valence-electron chi connectivity index (χ2n) is 11.3. The SMILES string of the molecule is CCCC[C@@H](C(=O)COC(=O)c1c(C)cccc1C)n1cc([C@@](C)(NCc2ccc3ncccc3c2)C(C)C)nn1. The Labute approximate surface area is 242 Å². The number of fused-ring (bicyclic) bond motifs is 1. The molecule has 0 saturated carbocycles. The zero-order valence-electron chi connectivity index (χ0n) is 25.0. The van der Waals surface area contributed by atoms with Crippen LogP contribution < -0.4 is 5.32 Å². The molecule has 0 aliphatic carbocycles. The summed E-state index contributed by atoms with van der Waals surface area (Å²) < 4.78 is 7.14. The Hall–Kier alpha value is -3.91. The summed E-state index contributed by atoms with van der Waals surface area (Å²) in [5.74, 6) is -0.486. The van der Waals surface area contributed by atoms with Gasteiger partial charge in [0.15, 0.2) is 12.4 Å². The highest BCUT2D eigenvalue weighted by Crippen LogP contribution is 2.29. The predicted molar refractivity (Wildman–Crippen MR) is 161 cm³/mol. The van der Waals surface area contributed by atoms with Gasteiger partial charge in [0.25, 0.3) is 0 Å². The highest BCUT2D eigenvalue weighted by molar-refractivity contribution is 5.94. The van der Waals surface area contributed by atoms with Crippen LogP contribution in [0, 0.1) is 19.8 Å². The van der Waals surface area contributed by atoms with Crippen LogP contribution in [-0.2, 0) is 21.6 Å². The smallest absolute Gasteiger partial charge is 0.339 e. The van der Waals surface area contributed by atoms with Crippen LogP contribution in [0.3, 0.4) is 0 Å². The molecule has 1 N–H and O–H groups in total. The summed E-state index contributed by atoms with van der Waals surface area (Å²) in [6.07, 6.45) is 6.03. The van der Waals surface area contributed by atoms with Gasteiger partial charge in [-0.1, -0.05) is 69.2 Å². The summed E-state index contributed by atoms with van der Waals surface area (Å²) >= 11 is 0. The Kier molecular flexibility index (Phi) is 9.65. The Morgan fingerprint density at radius 3 is 2.54 bits per heavy atom. The Morgan fingerprint density at radius 1 is 1.07 bits per heavy atom. The standard InChI is InChI=1S/C33H41N5O3/c1-7-8-14-28(29(39)21-41-32(40)31-23(4)11-9-12-24(31)5)38-20-30(36-37-38)33(6,22(2)3)35-19-25-15-16-27-26(18-25)13-10-17-34-27/h9-13,15-18,20,22,28,35H,7-8,14,19,21H2,1-6H3/t28-,33-/m0/s1. The summed E-state index contributed by atoms with van der Waals surface area (Å²) in [6.45, 7) is 12.5. The van der Waals surface area contributed by atoms with Gasteiger partial charge >= 0.3 is 5.97 Å². The Morgan fingerprint density at radius 2 is 1.83 bits per heavy atom. The van der Waals surface area contributed by atoms with Gasteiger partial charge in [-0.2, -0.15) is 0 Å². The zero-order valence-corrected chi connectivity index (χ0v) is 25.0. The van der Waals surface area contributed by atoms with E-state index < -0.39 is 17.6 Å². The number of aromatic nitrogens is 4. The number of Topliss-reactive ketones (excluding diaryl/α,β-unsaturated/α-hetero) is 1. The topological polar surface area (TPSA) is 99.0 Å². The van der Waals surface area contributed by atoms with Crippen molar-refractivity contribution in [2.75, 3.05) is 6.61 Å². The van der Waals surface area contributed by atoms with Gasteiger partial charge in [-0.15, -0.1) is 5.10 Å². The minimum atomic E-state index is -0.564. The van der Waals surface area contributed by atoms with Gasteiger partial charge in [-0.3, -0.25) is 9.78 Å². The molecule has 216 valence electrons. The molecule has 8 heteroatoms. The minimum Gasteiger partial charge on any atom is -0.454 e. The molecule has 0 bridgehead atoms. The Bertz CT molecular complexity index is 1490. The number of ether oxygens (including phenoxy) is 1. The molecule has 2 heterocycles. The molecule has 0 fully saturated rings. The van der Waals surface area contributed by atoms with Gasteiger partial charge in [0.2, 0.25) is 0 Å². The molecule has 41 heavy (non-hydrogen) atoms. The summed E-state index contributed by atoms with van der Waals surface area (Å²) in [4.78, 5) is 30.6. The first kappa shape index (κ1) is 30.1. The summed E-state index contributed by atoms with van der Waals surface area (Å²) in [5.41, 5.74) is 4.54. The zero-order chi connectivity index (χ0) is 29.6. The first-order valence-corrected chi connectivity index (χ1v) is 14.4. The van der Waals surface area contributed by atoms with Crippen LogP contribution >= 0.6 is 0 Å². The van der Waals surface area contributed by atoms with Gasteiger partial charge in [-0.05, 0) is 68.0 Å². The molecule has 2 aromatic carbocycles. The lowest BCUT2D eigenvalue weighted by atomic mass is 9.85. The van der Waals surface area contributed by atoms with Crippen LogP contribution in [-0.4, -0.2) is 38.3 Å². The minimum absolute atomic E-state index is 0.192. The van der Waals surface area contributed by atoms with Crippen LogP contribution in [0.1, 0.15) is 85.7 Å². The molecule has 0 aliphatic heterocycles. The number of aryl methyl sites for hydroxylation is 2. The van der Waals surface area contributed by atoms with E-state index in [1.165, 1.54) is 0 Å². The molecule has 0 aliphatic rings. The van der Waals surface area contributed by atoms with Crippen LogP contribution in [0.15, 0.2) is 60.9 Å². The van der Waals surface area contributed by atoms with E-state index in [9.17, 15) is 9.59 Å². The lowest BCUT2D eigenvalue weighted by Gasteiger charge is -2.33. The highest BCUT2D eigenvalue weighted by Gasteiger charge is 2.34. The molecular weight excluding hydrogens is 514 g/mol. The molecule has 0 amide bonds. The second kappa shape index (κ2) is 13.2. The van der Waals surface area contributed by atoms with Gasteiger partial charge < -0.3 is 10.1 Å². The molecule has 0 saturated heterocycles. The fraction of sp³-hybridized carbons (Fsp3) is 0.424. The van der Waals surface area contributed by atoms with Crippen LogP contribution in [0.25, 0.3) is 10.9 Å². The molecule has 0 radical (unpaired) electrons. The van der Waals surface area contributed by atoms with Crippen molar-refractivity contribution in [1.82, 2.24) is 25.3 Å². The number of hydrogen-bond acceptors (Lipinski definition) is 7. The molecule has 4 rings (SSSR count). The van der Waals surface area contributed by atoms with Crippen molar-refractivity contribution >= 4 is 22.7 Å². The van der Waals surface area contributed by atoms with Crippen molar-refractivity contribution in [2.45, 2.75) is 78.9 Å². The molecule has 2 aromatic heterocycles. The van der Waals surface area contributed by atoms with Crippen LogP contribution in [0.4, 0.5) is 0 Å². The molecular formula is C33H41N5O3. The number of carbonyl (C=O) groups is 2. The van der Waals surface area contributed by atoms with E-state index in [1.54, 1.807) is 10.9 Å². The van der Waals surface area contributed by atoms with Crippen LogP contribution in [0.2, 0.25) is 0 Å². The van der Waals surface area contributed by atoms with Crippen molar-refractivity contribution in [3.05, 3.63) is 88.9 Å². The Balaban J connectivity index is 1.50. The van der Waals surface area contributed by atoms with Gasteiger partial charge in [0.1, 0.15) is 11.7 Å². The van der Waals surface area contributed by atoms with Crippen molar-refractivity contribution in [3.63, 3.8) is 0 Å². The molecule has 0 unspecified atom stereocenters. The van der Waals surface area contributed by atoms with E-state index in [0.717, 1.165) is 46.1 Å². The van der Waals surface area contributed by atoms with E-state index in [4.69, 9.17) is 4.74 Å². The number of unbranched alkanes of at least 4 members (excludes halogenated alkanes) is 1. The van der Waals surface area contributed by atoms with Crippen molar-refractivity contribution in [2.24, 2.45) is 5.92 Å². The maximum absolute atomic E-state index is 13.4. The number of rotatable bonds is 13. The number of pyridine rings is 1. The quantitative estimate of drug-likeness (QED) is 0.194. The van der Waals surface area contributed by atoms with Crippen molar-refractivity contribution in [3.8, 4) is 0 Å². The van der Waals surface area contributed by atoms with E-state index in [1.807, 2.05) is 50.4 Å². The van der Waals surface area contributed by atoms with E-state index in [2.05, 4.69) is 66.5 Å². The maximum atomic E-state index is 13.4. The van der Waals surface area contributed by atoms with Gasteiger partial charge in [-0.25, -0.2) is 9.48 Å². The third kappa shape index (κ3) is 6.88. The number of nitrogens with one attached hydrogen (secondary N) is 1.